The van der Waals surface area contributed by atoms with Gasteiger partial charge in [-0.25, -0.2) is 4.79 Å². The van der Waals surface area contributed by atoms with E-state index >= 15 is 0 Å². The third-order valence-corrected chi connectivity index (χ3v) is 1.50. The summed E-state index contributed by atoms with van der Waals surface area (Å²) in [6.07, 6.45) is 1.58. The zero-order chi connectivity index (χ0) is 9.72. The Morgan fingerprint density at radius 3 is 2.58 bits per heavy atom. The van der Waals surface area contributed by atoms with Crippen molar-refractivity contribution in [1.82, 2.24) is 0 Å². The van der Waals surface area contributed by atoms with Gasteiger partial charge in [0.25, 0.3) is 0 Å². The molecule has 0 saturated heterocycles. The van der Waals surface area contributed by atoms with Crippen molar-refractivity contribution in [2.45, 2.75) is 13.8 Å². The van der Waals surface area contributed by atoms with Gasteiger partial charge in [0.05, 0.1) is 6.07 Å². The van der Waals surface area contributed by atoms with Crippen molar-refractivity contribution in [2.24, 2.45) is 5.92 Å². The molecule has 0 spiro atoms. The number of rotatable bonds is 3. The Balaban J connectivity index is 4.44. The van der Waals surface area contributed by atoms with E-state index in [1.807, 2.05) is 6.07 Å². The van der Waals surface area contributed by atoms with Crippen LogP contribution in [0, 0.1) is 17.2 Å². The molecule has 0 aliphatic heterocycles. The summed E-state index contributed by atoms with van der Waals surface area (Å²) in [6.45, 7) is 6.71. The molecule has 0 aromatic carbocycles. The van der Waals surface area contributed by atoms with Crippen molar-refractivity contribution in [3.63, 3.8) is 0 Å². The third kappa shape index (κ3) is 3.02. The van der Waals surface area contributed by atoms with Gasteiger partial charge >= 0.3 is 5.97 Å². The van der Waals surface area contributed by atoms with E-state index in [1.54, 1.807) is 19.9 Å². The van der Waals surface area contributed by atoms with Crippen LogP contribution in [0.2, 0.25) is 0 Å². The number of hydrogen-bond donors (Lipinski definition) is 1. The molecule has 1 N–H and O–H groups in total. The predicted molar refractivity (Wildman–Crippen MR) is 45.3 cm³/mol. The highest BCUT2D eigenvalue weighted by atomic mass is 16.4. The Bertz CT molecular complexity index is 271. The lowest BCUT2D eigenvalue weighted by Gasteiger charge is -2.04. The highest BCUT2D eigenvalue weighted by molar-refractivity contribution is 5.86. The topological polar surface area (TPSA) is 61.1 Å². The monoisotopic (exact) mass is 165 g/mol. The molecule has 1 atom stereocenters. The second-order valence-corrected chi connectivity index (χ2v) is 2.58. The molecular weight excluding hydrogens is 154 g/mol. The van der Waals surface area contributed by atoms with Gasteiger partial charge in [0, 0.05) is 17.1 Å². The van der Waals surface area contributed by atoms with Crippen molar-refractivity contribution in [3.8, 4) is 6.07 Å². The molecule has 0 heterocycles. The van der Waals surface area contributed by atoms with E-state index in [1.165, 1.54) is 0 Å². The molecule has 0 amide bonds. The first-order valence-electron chi connectivity index (χ1n) is 3.49. The largest absolute Gasteiger partial charge is 0.478 e. The first-order chi connectivity index (χ1) is 5.49. The molecular formula is C9H11NO2. The van der Waals surface area contributed by atoms with Crippen LogP contribution >= 0.6 is 0 Å². The third-order valence-electron chi connectivity index (χ3n) is 1.50. The molecule has 12 heavy (non-hydrogen) atoms. The average molecular weight is 165 g/mol. The van der Waals surface area contributed by atoms with Crippen LogP contribution in [-0.2, 0) is 4.79 Å². The molecule has 64 valence electrons. The minimum atomic E-state index is -1.02. The molecule has 0 aliphatic rings. The van der Waals surface area contributed by atoms with Gasteiger partial charge in [-0.05, 0) is 6.92 Å². The normalized spacial score (nSPS) is 13.2. The molecule has 3 heteroatoms. The van der Waals surface area contributed by atoms with Crippen molar-refractivity contribution >= 4 is 5.97 Å². The fourth-order valence-electron chi connectivity index (χ4n) is 0.708. The van der Waals surface area contributed by atoms with Crippen molar-refractivity contribution < 1.29 is 9.90 Å². The first-order valence-corrected chi connectivity index (χ1v) is 3.49. The summed E-state index contributed by atoms with van der Waals surface area (Å²) in [5.74, 6) is -1.31. The van der Waals surface area contributed by atoms with E-state index < -0.39 is 5.97 Å². The van der Waals surface area contributed by atoms with Crippen LogP contribution in [0.25, 0.3) is 0 Å². The molecule has 0 bridgehead atoms. The zero-order valence-electron chi connectivity index (χ0n) is 7.16. The summed E-state index contributed by atoms with van der Waals surface area (Å²) in [5.41, 5.74) is 0.606. The Morgan fingerprint density at radius 2 is 2.25 bits per heavy atom. The van der Waals surface area contributed by atoms with Crippen LogP contribution in [-0.4, -0.2) is 11.1 Å². The lowest BCUT2D eigenvalue weighted by Crippen LogP contribution is -2.06. The Morgan fingerprint density at radius 1 is 1.75 bits per heavy atom. The van der Waals surface area contributed by atoms with Crippen molar-refractivity contribution in [1.29, 1.82) is 5.26 Å². The second-order valence-electron chi connectivity index (χ2n) is 2.58. The lowest BCUT2D eigenvalue weighted by molar-refractivity contribution is -0.133. The Kier molecular flexibility index (Phi) is 3.78. The van der Waals surface area contributed by atoms with E-state index in [2.05, 4.69) is 6.58 Å². The molecule has 0 radical (unpaired) electrons. The van der Waals surface area contributed by atoms with Gasteiger partial charge in [0.1, 0.15) is 0 Å². The van der Waals surface area contributed by atoms with Gasteiger partial charge < -0.3 is 5.11 Å². The van der Waals surface area contributed by atoms with Crippen molar-refractivity contribution in [2.75, 3.05) is 0 Å². The van der Waals surface area contributed by atoms with E-state index in [0.29, 0.717) is 5.57 Å². The van der Waals surface area contributed by atoms with Gasteiger partial charge in [-0.2, -0.15) is 5.26 Å². The lowest BCUT2D eigenvalue weighted by atomic mass is 10.0. The number of hydrogen-bond acceptors (Lipinski definition) is 2. The highest BCUT2D eigenvalue weighted by Crippen LogP contribution is 2.11. The molecule has 0 rings (SSSR count). The fourth-order valence-corrected chi connectivity index (χ4v) is 0.708. The maximum absolute atomic E-state index is 10.4. The Labute approximate surface area is 71.6 Å². The van der Waals surface area contributed by atoms with Gasteiger partial charge in [-0.1, -0.05) is 19.6 Å². The van der Waals surface area contributed by atoms with Gasteiger partial charge in [-0.15, -0.1) is 0 Å². The minimum Gasteiger partial charge on any atom is -0.478 e. The fraction of sp³-hybridized carbons (Fsp3) is 0.333. The maximum Gasteiger partial charge on any atom is 0.331 e. The Hall–Kier alpha value is -1.56. The van der Waals surface area contributed by atoms with Crippen LogP contribution < -0.4 is 0 Å². The molecule has 1 unspecified atom stereocenters. The minimum absolute atomic E-state index is 0.101. The number of aliphatic carboxylic acids is 1. The number of allylic oxidation sites excluding steroid dienone is 2. The molecule has 0 fully saturated rings. The van der Waals surface area contributed by atoms with E-state index in [9.17, 15) is 4.79 Å². The quantitative estimate of drug-likeness (QED) is 0.511. The number of nitrogens with zero attached hydrogens (tertiary/aromatic N) is 1. The number of carbonyl (C=O) groups is 1. The summed E-state index contributed by atoms with van der Waals surface area (Å²) in [4.78, 5) is 10.4. The standard InChI is InChI=1S/C9H11NO2/c1-6(5-10)4-7(2)8(3)9(11)12/h4,7H,3H2,1-2H3,(H,11,12). The van der Waals surface area contributed by atoms with Crippen LogP contribution in [0.4, 0.5) is 0 Å². The summed E-state index contributed by atoms with van der Waals surface area (Å²) in [5, 5.41) is 16.9. The summed E-state index contributed by atoms with van der Waals surface area (Å²) >= 11 is 0. The average Bonchev–Trinajstić information content (AvgIpc) is 2.02. The molecule has 0 aliphatic carbocycles. The number of carboxylic acid groups (broad SMARTS) is 1. The van der Waals surface area contributed by atoms with Gasteiger partial charge in [0.15, 0.2) is 0 Å². The smallest absolute Gasteiger partial charge is 0.331 e. The molecule has 0 aromatic heterocycles. The van der Waals surface area contributed by atoms with Crippen LogP contribution in [0.1, 0.15) is 13.8 Å². The van der Waals surface area contributed by atoms with Gasteiger partial charge in [0.2, 0.25) is 0 Å². The SMILES string of the molecule is C=C(C(=O)O)C(C)C=C(C)C#N. The van der Waals surface area contributed by atoms with Crippen LogP contribution in [0.15, 0.2) is 23.8 Å². The summed E-state index contributed by atoms with van der Waals surface area (Å²) < 4.78 is 0. The molecule has 3 nitrogen and oxygen atoms in total. The number of nitriles is 1. The van der Waals surface area contributed by atoms with Crippen LogP contribution in [0.5, 0.6) is 0 Å². The highest BCUT2D eigenvalue weighted by Gasteiger charge is 2.10. The van der Waals surface area contributed by atoms with Crippen molar-refractivity contribution in [3.05, 3.63) is 23.8 Å². The second kappa shape index (κ2) is 4.35. The summed E-state index contributed by atoms with van der Waals surface area (Å²) in [6, 6.07) is 1.92. The number of carboxylic acids is 1. The van der Waals surface area contributed by atoms with Gasteiger partial charge in [-0.3, -0.25) is 0 Å². The zero-order valence-corrected chi connectivity index (χ0v) is 7.16. The molecule has 0 aromatic rings. The van der Waals surface area contributed by atoms with E-state index in [0.717, 1.165) is 0 Å². The first kappa shape index (κ1) is 10.4. The molecule has 0 saturated carbocycles. The van der Waals surface area contributed by atoms with E-state index in [4.69, 9.17) is 10.4 Å². The maximum atomic E-state index is 10.4. The predicted octanol–water partition coefficient (Wildman–Crippen LogP) is 1.73. The van der Waals surface area contributed by atoms with E-state index in [-0.39, 0.29) is 11.5 Å². The van der Waals surface area contributed by atoms with Crippen LogP contribution in [0.3, 0.4) is 0 Å². The summed E-state index contributed by atoms with van der Waals surface area (Å²) in [7, 11) is 0.